The first-order valence-corrected chi connectivity index (χ1v) is 14.3. The van der Waals surface area contributed by atoms with Crippen LogP contribution in [0.1, 0.15) is 5.56 Å². The molecule has 200 valence electrons. The van der Waals surface area contributed by atoms with Crippen molar-refractivity contribution in [3.63, 3.8) is 0 Å². The number of hydrogen-bond donors (Lipinski definition) is 0. The molecule has 6 aromatic carbocycles. The lowest BCUT2D eigenvalue weighted by Crippen LogP contribution is -1.91. The minimum absolute atomic E-state index is 0.644. The second-order valence-corrected chi connectivity index (χ2v) is 10.7. The third kappa shape index (κ3) is 4.43. The minimum atomic E-state index is 0.644. The second kappa shape index (κ2) is 10.1. The SMILES string of the molecule is N#Cc1ccc(-c2cc(-c3ccccc3)nc(-c3ccc(-c4cccc5oc6cc7ccccc7cc6c45)cc3)c2)cc1. The lowest BCUT2D eigenvalue weighted by atomic mass is 9.96. The molecule has 0 bridgehead atoms. The summed E-state index contributed by atoms with van der Waals surface area (Å²) in [7, 11) is 0. The summed E-state index contributed by atoms with van der Waals surface area (Å²) in [5, 5.41) is 13.9. The molecule has 0 amide bonds. The van der Waals surface area contributed by atoms with E-state index in [0.29, 0.717) is 5.56 Å². The quantitative estimate of drug-likeness (QED) is 0.220. The zero-order valence-corrected chi connectivity index (χ0v) is 23.2. The van der Waals surface area contributed by atoms with E-state index in [1.165, 1.54) is 10.8 Å². The van der Waals surface area contributed by atoms with Crippen molar-refractivity contribution in [1.29, 1.82) is 5.26 Å². The predicted molar refractivity (Wildman–Crippen MR) is 175 cm³/mol. The standard InChI is InChI=1S/C40H24N2O/c41-25-26-13-15-27(16-14-26)33-22-36(29-7-2-1-3-8-29)42-37(23-33)30-19-17-28(18-20-30)34-11-6-12-38-40(34)35-21-31-9-4-5-10-32(31)24-39(35)43-38/h1-24H. The fourth-order valence-electron chi connectivity index (χ4n) is 5.91. The highest BCUT2D eigenvalue weighted by Gasteiger charge is 2.14. The molecule has 3 heteroatoms. The molecule has 2 aromatic heterocycles. The third-order valence-corrected chi connectivity index (χ3v) is 8.10. The normalized spacial score (nSPS) is 11.2. The van der Waals surface area contributed by atoms with Gasteiger partial charge in [-0.3, -0.25) is 0 Å². The molecular weight excluding hydrogens is 524 g/mol. The van der Waals surface area contributed by atoms with Gasteiger partial charge in [-0.25, -0.2) is 4.98 Å². The number of fused-ring (bicyclic) bond motifs is 4. The van der Waals surface area contributed by atoms with Crippen LogP contribution in [0.15, 0.2) is 150 Å². The fraction of sp³-hybridized carbons (Fsp3) is 0. The maximum Gasteiger partial charge on any atom is 0.136 e. The van der Waals surface area contributed by atoms with E-state index in [-0.39, 0.29) is 0 Å². The van der Waals surface area contributed by atoms with Crippen LogP contribution in [0.2, 0.25) is 0 Å². The van der Waals surface area contributed by atoms with Gasteiger partial charge in [0.2, 0.25) is 0 Å². The molecule has 8 aromatic rings. The van der Waals surface area contributed by atoms with Crippen molar-refractivity contribution in [1.82, 2.24) is 4.98 Å². The molecule has 0 saturated carbocycles. The Morgan fingerprint density at radius 2 is 1.12 bits per heavy atom. The van der Waals surface area contributed by atoms with Crippen LogP contribution in [-0.4, -0.2) is 4.98 Å². The summed E-state index contributed by atoms with van der Waals surface area (Å²) in [5.74, 6) is 0. The average molecular weight is 549 g/mol. The van der Waals surface area contributed by atoms with Gasteiger partial charge in [-0.15, -0.1) is 0 Å². The third-order valence-electron chi connectivity index (χ3n) is 8.10. The number of hydrogen-bond acceptors (Lipinski definition) is 3. The summed E-state index contributed by atoms with van der Waals surface area (Å²) in [6.07, 6.45) is 0. The van der Waals surface area contributed by atoms with Gasteiger partial charge < -0.3 is 4.42 Å². The molecule has 0 unspecified atom stereocenters. The number of rotatable bonds is 4. The summed E-state index contributed by atoms with van der Waals surface area (Å²) in [6, 6.07) is 52.0. The fourth-order valence-corrected chi connectivity index (χ4v) is 5.91. The molecule has 43 heavy (non-hydrogen) atoms. The Kier molecular flexibility index (Phi) is 5.84. The van der Waals surface area contributed by atoms with Crippen molar-refractivity contribution in [2.24, 2.45) is 0 Å². The molecule has 0 aliphatic carbocycles. The van der Waals surface area contributed by atoms with Crippen molar-refractivity contribution in [2.75, 3.05) is 0 Å². The van der Waals surface area contributed by atoms with E-state index in [1.807, 2.05) is 48.5 Å². The Balaban J connectivity index is 1.24. The van der Waals surface area contributed by atoms with Crippen molar-refractivity contribution >= 4 is 32.7 Å². The summed E-state index contributed by atoms with van der Waals surface area (Å²) in [6.45, 7) is 0. The highest BCUT2D eigenvalue weighted by molar-refractivity contribution is 6.15. The van der Waals surface area contributed by atoms with Crippen molar-refractivity contribution in [2.45, 2.75) is 0 Å². The molecule has 0 radical (unpaired) electrons. The first-order chi connectivity index (χ1) is 21.2. The minimum Gasteiger partial charge on any atom is -0.456 e. The Labute approximate surface area is 248 Å². The predicted octanol–water partition coefficient (Wildman–Crippen LogP) is 10.7. The van der Waals surface area contributed by atoms with Crippen LogP contribution < -0.4 is 0 Å². The van der Waals surface area contributed by atoms with E-state index in [0.717, 1.165) is 66.7 Å². The summed E-state index contributed by atoms with van der Waals surface area (Å²) < 4.78 is 6.31. The van der Waals surface area contributed by atoms with Crippen LogP contribution in [0, 0.1) is 11.3 Å². The highest BCUT2D eigenvalue weighted by atomic mass is 16.3. The smallest absolute Gasteiger partial charge is 0.136 e. The first-order valence-electron chi connectivity index (χ1n) is 14.3. The molecule has 0 fully saturated rings. The van der Waals surface area contributed by atoms with E-state index in [2.05, 4.69) is 103 Å². The van der Waals surface area contributed by atoms with E-state index in [9.17, 15) is 5.26 Å². The summed E-state index contributed by atoms with van der Waals surface area (Å²) in [4.78, 5) is 5.08. The summed E-state index contributed by atoms with van der Waals surface area (Å²) in [5.41, 5.74) is 10.7. The van der Waals surface area contributed by atoms with Crippen LogP contribution in [0.4, 0.5) is 0 Å². The lowest BCUT2D eigenvalue weighted by Gasteiger charge is -2.11. The van der Waals surface area contributed by atoms with Crippen LogP contribution in [0.3, 0.4) is 0 Å². The zero-order chi connectivity index (χ0) is 28.8. The number of benzene rings is 6. The second-order valence-electron chi connectivity index (χ2n) is 10.7. The Morgan fingerprint density at radius 1 is 0.488 bits per heavy atom. The monoisotopic (exact) mass is 548 g/mol. The van der Waals surface area contributed by atoms with Gasteiger partial charge in [-0.05, 0) is 75.5 Å². The molecule has 0 aliphatic rings. The van der Waals surface area contributed by atoms with Crippen LogP contribution >= 0.6 is 0 Å². The number of aromatic nitrogens is 1. The molecule has 8 rings (SSSR count). The van der Waals surface area contributed by atoms with Gasteiger partial charge >= 0.3 is 0 Å². The molecule has 2 heterocycles. The molecular formula is C40H24N2O. The van der Waals surface area contributed by atoms with Gasteiger partial charge in [0.05, 0.1) is 23.0 Å². The van der Waals surface area contributed by atoms with Gasteiger partial charge in [0.25, 0.3) is 0 Å². The molecule has 0 aliphatic heterocycles. The zero-order valence-electron chi connectivity index (χ0n) is 23.2. The van der Waals surface area contributed by atoms with Crippen LogP contribution in [0.5, 0.6) is 0 Å². The average Bonchev–Trinajstić information content (AvgIpc) is 3.45. The topological polar surface area (TPSA) is 49.8 Å². The number of furan rings is 1. The van der Waals surface area contributed by atoms with Crippen LogP contribution in [0.25, 0.3) is 77.5 Å². The number of nitrogens with zero attached hydrogens (tertiary/aromatic N) is 2. The maximum atomic E-state index is 9.26. The van der Waals surface area contributed by atoms with Crippen molar-refractivity contribution < 1.29 is 4.42 Å². The highest BCUT2D eigenvalue weighted by Crippen LogP contribution is 2.39. The molecule has 3 nitrogen and oxygen atoms in total. The van der Waals surface area contributed by atoms with Crippen LogP contribution in [-0.2, 0) is 0 Å². The largest absolute Gasteiger partial charge is 0.456 e. The lowest BCUT2D eigenvalue weighted by molar-refractivity contribution is 0.669. The van der Waals surface area contributed by atoms with E-state index >= 15 is 0 Å². The Morgan fingerprint density at radius 3 is 1.84 bits per heavy atom. The van der Waals surface area contributed by atoms with Gasteiger partial charge in [-0.2, -0.15) is 5.26 Å². The Hall–Kier alpha value is -5.98. The van der Waals surface area contributed by atoms with E-state index < -0.39 is 0 Å². The molecule has 0 atom stereocenters. The van der Waals surface area contributed by atoms with Gasteiger partial charge in [0.1, 0.15) is 11.2 Å². The molecule has 0 N–H and O–H groups in total. The first kappa shape index (κ1) is 24.8. The number of pyridine rings is 1. The Bertz CT molecular complexity index is 2330. The summed E-state index contributed by atoms with van der Waals surface area (Å²) >= 11 is 0. The van der Waals surface area contributed by atoms with E-state index in [4.69, 9.17) is 9.40 Å². The van der Waals surface area contributed by atoms with Crippen molar-refractivity contribution in [3.05, 3.63) is 151 Å². The molecule has 0 spiro atoms. The van der Waals surface area contributed by atoms with Crippen molar-refractivity contribution in [3.8, 4) is 50.8 Å². The molecule has 0 saturated heterocycles. The van der Waals surface area contributed by atoms with Gasteiger partial charge in [-0.1, -0.05) is 103 Å². The van der Waals surface area contributed by atoms with Gasteiger partial charge in [0, 0.05) is 21.9 Å². The van der Waals surface area contributed by atoms with E-state index in [1.54, 1.807) is 0 Å². The maximum absolute atomic E-state index is 9.26. The number of nitriles is 1. The van der Waals surface area contributed by atoms with Gasteiger partial charge in [0.15, 0.2) is 0 Å².